The first kappa shape index (κ1) is 15.8. The van der Waals surface area contributed by atoms with Crippen molar-refractivity contribution in [2.45, 2.75) is 38.8 Å². The summed E-state index contributed by atoms with van der Waals surface area (Å²) >= 11 is 0. The molecule has 0 aliphatic heterocycles. The topological polar surface area (TPSA) is 119 Å². The van der Waals surface area contributed by atoms with Crippen LogP contribution in [0.15, 0.2) is 18.2 Å². The second kappa shape index (κ2) is 7.39. The van der Waals surface area contributed by atoms with Gasteiger partial charge in [-0.05, 0) is 18.9 Å². The normalized spacial score (nSPS) is 11.9. The minimum Gasteiger partial charge on any atom is -0.374 e. The minimum atomic E-state index is -0.915. The predicted octanol–water partition coefficient (Wildman–Crippen LogP) is 2.81. The summed E-state index contributed by atoms with van der Waals surface area (Å²) in [7, 11) is 0. The largest absolute Gasteiger partial charge is 0.374 e. The summed E-state index contributed by atoms with van der Waals surface area (Å²) in [5.41, 5.74) is -0.707. The van der Waals surface area contributed by atoms with Crippen molar-refractivity contribution >= 4 is 17.1 Å². The number of rotatable bonds is 8. The molecule has 8 nitrogen and oxygen atoms in total. The maximum Gasteiger partial charge on any atom is 0.299 e. The van der Waals surface area contributed by atoms with E-state index in [2.05, 4.69) is 5.32 Å². The molecule has 1 atom stereocenters. The molecule has 0 aromatic heterocycles. The van der Waals surface area contributed by atoms with Gasteiger partial charge in [-0.2, -0.15) is 0 Å². The number of nitro benzene ring substituents is 2. The van der Waals surface area contributed by atoms with Gasteiger partial charge in [0.25, 0.3) is 11.4 Å². The van der Waals surface area contributed by atoms with Crippen molar-refractivity contribution in [3.05, 3.63) is 38.4 Å². The maximum absolute atomic E-state index is 10.9. The van der Waals surface area contributed by atoms with Gasteiger partial charge in [0.15, 0.2) is 0 Å². The molecule has 20 heavy (non-hydrogen) atoms. The standard InChI is InChI=1S/C12H17N3O5/c1-2-3-4-5-12(16)13-10-7-6-9(14(17)18)8-11(10)15(19)20/h6-8,12-13,16H,2-5H2,1H3. The molecule has 0 radical (unpaired) electrons. The van der Waals surface area contributed by atoms with Gasteiger partial charge in [-0.25, -0.2) is 0 Å². The number of benzene rings is 1. The van der Waals surface area contributed by atoms with Crippen molar-refractivity contribution in [1.82, 2.24) is 0 Å². The Morgan fingerprint density at radius 3 is 2.50 bits per heavy atom. The summed E-state index contributed by atoms with van der Waals surface area (Å²) in [6, 6.07) is 3.27. The molecular weight excluding hydrogens is 266 g/mol. The summed E-state index contributed by atoms with van der Waals surface area (Å²) in [6.45, 7) is 2.03. The van der Waals surface area contributed by atoms with Crippen LogP contribution in [0, 0.1) is 20.2 Å². The number of unbranched alkanes of at least 4 members (excludes halogenated alkanes) is 2. The highest BCUT2D eigenvalue weighted by Crippen LogP contribution is 2.29. The van der Waals surface area contributed by atoms with Crippen molar-refractivity contribution in [3.63, 3.8) is 0 Å². The zero-order valence-electron chi connectivity index (χ0n) is 11.1. The number of hydrogen-bond acceptors (Lipinski definition) is 6. The fourth-order valence-corrected chi connectivity index (χ4v) is 1.75. The van der Waals surface area contributed by atoms with E-state index in [0.29, 0.717) is 6.42 Å². The van der Waals surface area contributed by atoms with Crippen LogP contribution in [0.3, 0.4) is 0 Å². The Labute approximate surface area is 115 Å². The summed E-state index contributed by atoms with van der Waals surface area (Å²) in [5, 5.41) is 33.9. The zero-order valence-corrected chi connectivity index (χ0v) is 11.1. The highest BCUT2D eigenvalue weighted by molar-refractivity contribution is 5.65. The molecule has 0 saturated heterocycles. The van der Waals surface area contributed by atoms with E-state index in [0.717, 1.165) is 31.4 Å². The molecule has 0 fully saturated rings. The van der Waals surface area contributed by atoms with E-state index >= 15 is 0 Å². The number of non-ortho nitro benzene ring substituents is 1. The molecule has 8 heteroatoms. The van der Waals surface area contributed by atoms with E-state index < -0.39 is 21.8 Å². The Morgan fingerprint density at radius 1 is 1.25 bits per heavy atom. The lowest BCUT2D eigenvalue weighted by atomic mass is 10.2. The first-order valence-electron chi connectivity index (χ1n) is 6.33. The van der Waals surface area contributed by atoms with Crippen molar-refractivity contribution in [2.24, 2.45) is 0 Å². The zero-order chi connectivity index (χ0) is 15.1. The Morgan fingerprint density at radius 2 is 1.95 bits per heavy atom. The number of anilines is 1. The second-order valence-electron chi connectivity index (χ2n) is 4.37. The van der Waals surface area contributed by atoms with E-state index in [4.69, 9.17) is 0 Å². The number of aliphatic hydroxyl groups is 1. The summed E-state index contributed by atoms with van der Waals surface area (Å²) in [6.07, 6.45) is 2.31. The van der Waals surface area contributed by atoms with Gasteiger partial charge in [-0.15, -0.1) is 0 Å². The molecule has 0 heterocycles. The molecule has 1 aromatic carbocycles. The molecule has 0 saturated carbocycles. The van der Waals surface area contributed by atoms with Gasteiger partial charge < -0.3 is 10.4 Å². The van der Waals surface area contributed by atoms with Crippen LogP contribution < -0.4 is 5.32 Å². The van der Waals surface area contributed by atoms with Gasteiger partial charge in [-0.3, -0.25) is 20.2 Å². The van der Waals surface area contributed by atoms with E-state index in [-0.39, 0.29) is 11.4 Å². The lowest BCUT2D eigenvalue weighted by Crippen LogP contribution is -2.19. The summed E-state index contributed by atoms with van der Waals surface area (Å²) in [5.74, 6) is 0. The number of aliphatic hydroxyl groups excluding tert-OH is 1. The first-order chi connectivity index (χ1) is 9.45. The van der Waals surface area contributed by atoms with Crippen LogP contribution in [-0.4, -0.2) is 21.2 Å². The Balaban J connectivity index is 2.83. The van der Waals surface area contributed by atoms with Crippen LogP contribution in [0.4, 0.5) is 17.1 Å². The van der Waals surface area contributed by atoms with Crippen LogP contribution in [0.1, 0.15) is 32.6 Å². The third kappa shape index (κ3) is 4.47. The molecular formula is C12H17N3O5. The van der Waals surface area contributed by atoms with Crippen molar-refractivity contribution in [1.29, 1.82) is 0 Å². The monoisotopic (exact) mass is 283 g/mol. The molecule has 1 aromatic rings. The van der Waals surface area contributed by atoms with E-state index in [1.165, 1.54) is 6.07 Å². The average molecular weight is 283 g/mol. The SMILES string of the molecule is CCCCCC(O)Nc1ccc([N+](=O)[O-])cc1[N+](=O)[O-]. The van der Waals surface area contributed by atoms with Crippen LogP contribution in [0.2, 0.25) is 0 Å². The molecule has 0 amide bonds. The summed E-state index contributed by atoms with van der Waals surface area (Å²) in [4.78, 5) is 20.1. The lowest BCUT2D eigenvalue weighted by molar-refractivity contribution is -0.393. The predicted molar refractivity (Wildman–Crippen MR) is 73.5 cm³/mol. The molecule has 0 aliphatic carbocycles. The summed E-state index contributed by atoms with van der Waals surface area (Å²) < 4.78 is 0. The van der Waals surface area contributed by atoms with Gasteiger partial charge in [-0.1, -0.05) is 19.8 Å². The Hall–Kier alpha value is -2.22. The molecule has 0 bridgehead atoms. The van der Waals surface area contributed by atoms with Crippen molar-refractivity contribution < 1.29 is 15.0 Å². The fourth-order valence-electron chi connectivity index (χ4n) is 1.75. The molecule has 1 rings (SSSR count). The quantitative estimate of drug-likeness (QED) is 0.327. The second-order valence-corrected chi connectivity index (χ2v) is 4.37. The smallest absolute Gasteiger partial charge is 0.299 e. The molecule has 0 spiro atoms. The van der Waals surface area contributed by atoms with Gasteiger partial charge in [0.05, 0.1) is 15.9 Å². The van der Waals surface area contributed by atoms with Crippen LogP contribution in [-0.2, 0) is 0 Å². The highest BCUT2D eigenvalue weighted by atomic mass is 16.6. The van der Waals surface area contributed by atoms with Crippen molar-refractivity contribution in [3.8, 4) is 0 Å². The molecule has 110 valence electrons. The van der Waals surface area contributed by atoms with Crippen LogP contribution >= 0.6 is 0 Å². The van der Waals surface area contributed by atoms with Gasteiger partial charge in [0, 0.05) is 6.07 Å². The number of hydrogen-bond donors (Lipinski definition) is 2. The van der Waals surface area contributed by atoms with Gasteiger partial charge >= 0.3 is 0 Å². The molecule has 0 aliphatic rings. The van der Waals surface area contributed by atoms with Crippen molar-refractivity contribution in [2.75, 3.05) is 5.32 Å². The van der Waals surface area contributed by atoms with E-state index in [9.17, 15) is 25.3 Å². The molecule has 1 unspecified atom stereocenters. The van der Waals surface area contributed by atoms with Crippen LogP contribution in [0.25, 0.3) is 0 Å². The van der Waals surface area contributed by atoms with Gasteiger partial charge in [0.1, 0.15) is 11.9 Å². The van der Waals surface area contributed by atoms with E-state index in [1.807, 2.05) is 6.92 Å². The maximum atomic E-state index is 10.9. The fraction of sp³-hybridized carbons (Fsp3) is 0.500. The van der Waals surface area contributed by atoms with Crippen LogP contribution in [0.5, 0.6) is 0 Å². The molecule has 2 N–H and O–H groups in total. The average Bonchev–Trinajstić information content (AvgIpc) is 2.38. The van der Waals surface area contributed by atoms with Gasteiger partial charge in [0.2, 0.25) is 0 Å². The third-order valence-electron chi connectivity index (χ3n) is 2.79. The number of nitro groups is 2. The first-order valence-corrected chi connectivity index (χ1v) is 6.33. The number of nitrogens with zero attached hydrogens (tertiary/aromatic N) is 2. The minimum absolute atomic E-state index is 0.0737. The Kier molecular flexibility index (Phi) is 5.85. The van der Waals surface area contributed by atoms with E-state index in [1.54, 1.807) is 0 Å². The Bertz CT molecular complexity index is 492. The lowest BCUT2D eigenvalue weighted by Gasteiger charge is -2.13. The highest BCUT2D eigenvalue weighted by Gasteiger charge is 2.20. The number of nitrogens with one attached hydrogen (secondary N) is 1. The third-order valence-corrected chi connectivity index (χ3v) is 2.79.